The van der Waals surface area contributed by atoms with Gasteiger partial charge in [-0.15, -0.1) is 0 Å². The summed E-state index contributed by atoms with van der Waals surface area (Å²) in [7, 11) is 0. The van der Waals surface area contributed by atoms with Crippen LogP contribution in [0.15, 0.2) is 54.6 Å². The zero-order chi connectivity index (χ0) is 24.2. The molecule has 178 valence electrons. The molecule has 0 aromatic heterocycles. The molecule has 0 radical (unpaired) electrons. The van der Waals surface area contributed by atoms with Gasteiger partial charge in [-0.2, -0.15) is 0 Å². The van der Waals surface area contributed by atoms with Gasteiger partial charge in [0.25, 0.3) is 5.91 Å². The van der Waals surface area contributed by atoms with Gasteiger partial charge >= 0.3 is 5.97 Å². The smallest absolute Gasteiger partial charge is 0.326 e. The Hall–Kier alpha value is -2.72. The lowest BCUT2D eigenvalue weighted by molar-refractivity contribution is -0.154. The molecule has 1 saturated heterocycles. The fourth-order valence-electron chi connectivity index (χ4n) is 4.07. The second-order valence-corrected chi connectivity index (χ2v) is 10.5. The molecule has 1 heterocycles. The van der Waals surface area contributed by atoms with Gasteiger partial charge in [0.15, 0.2) is 6.61 Å². The first-order valence-electron chi connectivity index (χ1n) is 10.7. The predicted octanol–water partition coefficient (Wildman–Crippen LogP) is 3.88. The van der Waals surface area contributed by atoms with E-state index in [1.807, 2.05) is 30.3 Å². The van der Waals surface area contributed by atoms with E-state index in [0.717, 1.165) is 4.90 Å². The normalized spacial score (nSPS) is 23.9. The van der Waals surface area contributed by atoms with Crippen LogP contribution in [0.5, 0.6) is 11.5 Å². The van der Waals surface area contributed by atoms with Crippen LogP contribution in [0.2, 0.25) is 0 Å². The Balaban J connectivity index is 1.24. The summed E-state index contributed by atoms with van der Waals surface area (Å²) in [5.41, 5.74) is 0.504. The molecule has 0 unspecified atom stereocenters. The molecule has 0 bridgehead atoms. The lowest BCUT2D eigenvalue weighted by Gasteiger charge is -2.29. The topological polar surface area (TPSA) is 102 Å². The number of anilines is 1. The minimum atomic E-state index is -0.812. The summed E-state index contributed by atoms with van der Waals surface area (Å²) in [4.78, 5) is 50.8. The standard InChI is InChI=1S/C24H22Br2N2O6/c25-19-10-17-18(11-20(19)26)24(32)28(23(17)31)12-22(30)33-13-21(29)27-14-6-8-16(9-7-14)34-15-4-2-1-3-5-15/h1-9,17-20H,10-13H2,(H,27,29)/t17-,18+,19-,20-/m0/s1. The highest BCUT2D eigenvalue weighted by atomic mass is 79.9. The highest BCUT2D eigenvalue weighted by molar-refractivity contribution is 9.12. The molecule has 1 N–H and O–H groups in total. The molecule has 34 heavy (non-hydrogen) atoms. The molecule has 1 aliphatic heterocycles. The summed E-state index contributed by atoms with van der Waals surface area (Å²) in [6.45, 7) is -1.03. The van der Waals surface area contributed by atoms with Crippen molar-refractivity contribution >= 4 is 61.2 Å². The van der Waals surface area contributed by atoms with E-state index in [-0.39, 0.29) is 21.5 Å². The largest absolute Gasteiger partial charge is 0.457 e. The Bertz CT molecular complexity index is 1050. The van der Waals surface area contributed by atoms with Gasteiger partial charge < -0.3 is 14.8 Å². The van der Waals surface area contributed by atoms with Crippen LogP contribution >= 0.6 is 31.9 Å². The zero-order valence-corrected chi connectivity index (χ0v) is 21.2. The third kappa shape index (κ3) is 5.67. The second kappa shape index (κ2) is 10.7. The number of carbonyl (C=O) groups excluding carboxylic acids is 4. The average molecular weight is 594 g/mol. The summed E-state index contributed by atoms with van der Waals surface area (Å²) in [5.74, 6) is -1.65. The molecule has 10 heteroatoms. The van der Waals surface area contributed by atoms with Gasteiger partial charge in [-0.05, 0) is 49.2 Å². The molecule has 1 saturated carbocycles. The van der Waals surface area contributed by atoms with Crippen LogP contribution in [0.1, 0.15) is 12.8 Å². The van der Waals surface area contributed by atoms with Gasteiger partial charge in [0.05, 0.1) is 11.8 Å². The number of hydrogen-bond acceptors (Lipinski definition) is 6. The molecule has 8 nitrogen and oxygen atoms in total. The van der Waals surface area contributed by atoms with Crippen molar-refractivity contribution in [2.45, 2.75) is 22.5 Å². The quantitative estimate of drug-likeness (QED) is 0.297. The Morgan fingerprint density at radius 3 is 2.03 bits per heavy atom. The third-order valence-corrected chi connectivity index (χ3v) is 8.50. The number of halogens is 2. The molecule has 2 aliphatic rings. The number of likely N-dealkylation sites (tertiary alicyclic amines) is 1. The van der Waals surface area contributed by atoms with Gasteiger partial charge in [-0.25, -0.2) is 0 Å². The Kier molecular flexibility index (Phi) is 7.67. The lowest BCUT2D eigenvalue weighted by Crippen LogP contribution is -2.37. The number of esters is 1. The van der Waals surface area contributed by atoms with Crippen molar-refractivity contribution in [3.05, 3.63) is 54.6 Å². The van der Waals surface area contributed by atoms with E-state index in [0.29, 0.717) is 30.0 Å². The van der Waals surface area contributed by atoms with E-state index < -0.39 is 36.9 Å². The number of rotatable bonds is 7. The van der Waals surface area contributed by atoms with Crippen molar-refractivity contribution in [2.75, 3.05) is 18.5 Å². The highest BCUT2D eigenvalue weighted by Gasteiger charge is 2.52. The molecule has 4 atom stereocenters. The first kappa shape index (κ1) is 24.4. The van der Waals surface area contributed by atoms with Crippen LogP contribution in [0, 0.1) is 11.8 Å². The highest BCUT2D eigenvalue weighted by Crippen LogP contribution is 2.43. The molecule has 3 amide bonds. The number of nitrogens with one attached hydrogen (secondary N) is 1. The van der Waals surface area contributed by atoms with Crippen LogP contribution in [0.3, 0.4) is 0 Å². The zero-order valence-electron chi connectivity index (χ0n) is 18.0. The maximum atomic E-state index is 12.6. The number of hydrogen-bond donors (Lipinski definition) is 1. The minimum Gasteiger partial charge on any atom is -0.457 e. The third-order valence-electron chi connectivity index (χ3n) is 5.77. The van der Waals surface area contributed by atoms with Gasteiger partial charge in [-0.3, -0.25) is 24.1 Å². The fourth-order valence-corrected chi connectivity index (χ4v) is 5.31. The maximum absolute atomic E-state index is 12.6. The number of benzene rings is 2. The van der Waals surface area contributed by atoms with Crippen molar-refractivity contribution < 1.29 is 28.7 Å². The van der Waals surface area contributed by atoms with Gasteiger partial charge in [0.1, 0.15) is 18.0 Å². The summed E-state index contributed by atoms with van der Waals surface area (Å²) >= 11 is 7.05. The van der Waals surface area contributed by atoms with Crippen molar-refractivity contribution in [3.8, 4) is 11.5 Å². The number of alkyl halides is 2. The van der Waals surface area contributed by atoms with E-state index in [4.69, 9.17) is 9.47 Å². The number of carbonyl (C=O) groups is 4. The van der Waals surface area contributed by atoms with Crippen molar-refractivity contribution in [3.63, 3.8) is 0 Å². The predicted molar refractivity (Wildman–Crippen MR) is 131 cm³/mol. The average Bonchev–Trinajstić information content (AvgIpc) is 3.04. The van der Waals surface area contributed by atoms with Crippen molar-refractivity contribution in [1.29, 1.82) is 0 Å². The van der Waals surface area contributed by atoms with E-state index in [2.05, 4.69) is 37.2 Å². The molecular weight excluding hydrogens is 572 g/mol. The number of fused-ring (bicyclic) bond motifs is 1. The molecule has 1 aliphatic carbocycles. The maximum Gasteiger partial charge on any atom is 0.326 e. The van der Waals surface area contributed by atoms with Gasteiger partial charge in [0, 0.05) is 15.3 Å². The number of nitrogens with zero attached hydrogens (tertiary/aromatic N) is 1. The van der Waals surface area contributed by atoms with Crippen molar-refractivity contribution in [2.24, 2.45) is 11.8 Å². The fraction of sp³-hybridized carbons (Fsp3) is 0.333. The van der Waals surface area contributed by atoms with E-state index >= 15 is 0 Å². The van der Waals surface area contributed by atoms with Crippen LogP contribution in [0.4, 0.5) is 5.69 Å². The Morgan fingerprint density at radius 1 is 0.882 bits per heavy atom. The number of para-hydroxylation sites is 1. The Labute approximate surface area is 213 Å². The van der Waals surface area contributed by atoms with E-state index in [1.54, 1.807) is 24.3 Å². The van der Waals surface area contributed by atoms with Crippen LogP contribution in [-0.4, -0.2) is 51.4 Å². The first-order chi connectivity index (χ1) is 16.3. The SMILES string of the molecule is O=C(COC(=O)CN1C(=O)[C@H]2C[C@H](Br)[C@@H](Br)C[C@H]2C1=O)Nc1ccc(Oc2ccccc2)cc1. The van der Waals surface area contributed by atoms with Crippen LogP contribution in [0.25, 0.3) is 0 Å². The monoisotopic (exact) mass is 592 g/mol. The lowest BCUT2D eigenvalue weighted by atomic mass is 9.81. The van der Waals surface area contributed by atoms with Crippen LogP contribution < -0.4 is 10.1 Å². The van der Waals surface area contributed by atoms with Gasteiger partial charge in [0.2, 0.25) is 11.8 Å². The minimum absolute atomic E-state index is 0.0834. The molecule has 0 spiro atoms. The summed E-state index contributed by atoms with van der Waals surface area (Å²) in [6, 6.07) is 16.0. The van der Waals surface area contributed by atoms with Gasteiger partial charge in [-0.1, -0.05) is 50.1 Å². The molecule has 2 fully saturated rings. The van der Waals surface area contributed by atoms with Crippen LogP contribution in [-0.2, 0) is 23.9 Å². The molecular formula is C24H22Br2N2O6. The number of imide groups is 1. The molecule has 4 rings (SSSR count). The second-order valence-electron chi connectivity index (χ2n) is 8.13. The number of amides is 3. The summed E-state index contributed by atoms with van der Waals surface area (Å²) in [6.07, 6.45) is 1.04. The van der Waals surface area contributed by atoms with Crippen molar-refractivity contribution in [1.82, 2.24) is 4.90 Å². The summed E-state index contributed by atoms with van der Waals surface area (Å²) in [5, 5.41) is 2.62. The molecule has 2 aromatic rings. The van der Waals surface area contributed by atoms with E-state index in [1.165, 1.54) is 0 Å². The number of ether oxygens (including phenoxy) is 2. The first-order valence-corrected chi connectivity index (χ1v) is 12.6. The summed E-state index contributed by atoms with van der Waals surface area (Å²) < 4.78 is 10.7. The Morgan fingerprint density at radius 2 is 1.44 bits per heavy atom. The van der Waals surface area contributed by atoms with E-state index in [9.17, 15) is 19.2 Å². The molecule has 2 aromatic carbocycles.